The average molecular weight is 353 g/mol. The predicted octanol–water partition coefficient (Wildman–Crippen LogP) is 3.22. The molecule has 6 nitrogen and oxygen atoms in total. The first kappa shape index (κ1) is 18.2. The van der Waals surface area contributed by atoms with Crippen LogP contribution in [0.25, 0.3) is 0 Å². The standard InChI is InChI=1S/C20H27N5O/c1-12-9-13(2)11-14(10-12)23-20-15(19(22)26)7-8-18(25-20)24-17-6-4-3-5-16(17)21/h7-11,16-17H,3-6,21H2,1-2H3,(H2,22,26)(H2,23,24,25). The number of nitrogens with zero attached hydrogens (tertiary/aromatic N) is 1. The van der Waals surface area contributed by atoms with E-state index in [1.165, 1.54) is 12.8 Å². The van der Waals surface area contributed by atoms with Crippen molar-refractivity contribution in [1.29, 1.82) is 0 Å². The summed E-state index contributed by atoms with van der Waals surface area (Å²) in [6.07, 6.45) is 4.39. The van der Waals surface area contributed by atoms with Crippen molar-refractivity contribution in [3.8, 4) is 0 Å². The summed E-state index contributed by atoms with van der Waals surface area (Å²) in [5, 5.41) is 6.66. The summed E-state index contributed by atoms with van der Waals surface area (Å²) in [7, 11) is 0. The molecule has 0 saturated heterocycles. The largest absolute Gasteiger partial charge is 0.366 e. The summed E-state index contributed by atoms with van der Waals surface area (Å²) in [5.41, 5.74) is 15.3. The normalized spacial score (nSPS) is 19.8. The van der Waals surface area contributed by atoms with Gasteiger partial charge in [-0.2, -0.15) is 0 Å². The molecule has 1 aromatic carbocycles. The number of pyridine rings is 1. The number of nitrogens with two attached hydrogens (primary N) is 2. The van der Waals surface area contributed by atoms with Crippen LogP contribution in [0.4, 0.5) is 17.3 Å². The zero-order valence-corrected chi connectivity index (χ0v) is 15.4. The van der Waals surface area contributed by atoms with Gasteiger partial charge in [0.15, 0.2) is 0 Å². The molecule has 6 N–H and O–H groups in total. The Morgan fingerprint density at radius 3 is 2.46 bits per heavy atom. The number of aromatic nitrogens is 1. The fourth-order valence-corrected chi connectivity index (χ4v) is 3.55. The third-order valence-corrected chi connectivity index (χ3v) is 4.80. The quantitative estimate of drug-likeness (QED) is 0.660. The molecule has 1 saturated carbocycles. The van der Waals surface area contributed by atoms with Crippen molar-refractivity contribution < 1.29 is 4.79 Å². The van der Waals surface area contributed by atoms with Gasteiger partial charge in [-0.15, -0.1) is 0 Å². The van der Waals surface area contributed by atoms with E-state index in [1.54, 1.807) is 12.1 Å². The number of benzene rings is 1. The second-order valence-corrected chi connectivity index (χ2v) is 7.16. The molecule has 138 valence electrons. The van der Waals surface area contributed by atoms with Crippen molar-refractivity contribution in [3.63, 3.8) is 0 Å². The summed E-state index contributed by atoms with van der Waals surface area (Å²) >= 11 is 0. The van der Waals surface area contributed by atoms with E-state index in [-0.39, 0.29) is 12.1 Å². The van der Waals surface area contributed by atoms with Crippen LogP contribution in [0.5, 0.6) is 0 Å². The maximum absolute atomic E-state index is 11.8. The van der Waals surface area contributed by atoms with Crippen LogP contribution in [-0.4, -0.2) is 23.0 Å². The molecule has 1 aliphatic carbocycles. The SMILES string of the molecule is Cc1cc(C)cc(Nc2nc(NC3CCCCC3N)ccc2C(N)=O)c1. The highest BCUT2D eigenvalue weighted by atomic mass is 16.1. The summed E-state index contributed by atoms with van der Waals surface area (Å²) < 4.78 is 0. The summed E-state index contributed by atoms with van der Waals surface area (Å²) in [6.45, 7) is 4.06. The number of carbonyl (C=O) groups is 1. The average Bonchev–Trinajstić information content (AvgIpc) is 2.56. The minimum atomic E-state index is -0.509. The van der Waals surface area contributed by atoms with Gasteiger partial charge < -0.3 is 22.1 Å². The van der Waals surface area contributed by atoms with Gasteiger partial charge in [-0.3, -0.25) is 4.79 Å². The highest BCUT2D eigenvalue weighted by Crippen LogP contribution is 2.25. The molecule has 1 amide bonds. The number of rotatable bonds is 5. The van der Waals surface area contributed by atoms with E-state index in [0.717, 1.165) is 29.7 Å². The first-order chi connectivity index (χ1) is 12.4. The lowest BCUT2D eigenvalue weighted by atomic mass is 9.91. The number of aryl methyl sites for hydroxylation is 2. The van der Waals surface area contributed by atoms with Crippen molar-refractivity contribution in [2.45, 2.75) is 51.6 Å². The Hall–Kier alpha value is -2.60. The topological polar surface area (TPSA) is 106 Å². The molecule has 1 heterocycles. The summed E-state index contributed by atoms with van der Waals surface area (Å²) in [4.78, 5) is 16.4. The Morgan fingerprint density at radius 2 is 1.81 bits per heavy atom. The van der Waals surface area contributed by atoms with Crippen molar-refractivity contribution in [1.82, 2.24) is 4.98 Å². The zero-order chi connectivity index (χ0) is 18.7. The molecule has 1 aromatic heterocycles. The lowest BCUT2D eigenvalue weighted by molar-refractivity contribution is 0.100. The number of hydrogen-bond acceptors (Lipinski definition) is 5. The lowest BCUT2D eigenvalue weighted by Crippen LogP contribution is -2.42. The third kappa shape index (κ3) is 4.32. The van der Waals surface area contributed by atoms with Gasteiger partial charge in [0.2, 0.25) is 0 Å². The molecule has 2 unspecified atom stereocenters. The van der Waals surface area contributed by atoms with Crippen LogP contribution in [0.3, 0.4) is 0 Å². The van der Waals surface area contributed by atoms with Gasteiger partial charge >= 0.3 is 0 Å². The number of carbonyl (C=O) groups excluding carboxylic acids is 1. The number of primary amides is 1. The maximum atomic E-state index is 11.8. The number of hydrogen-bond donors (Lipinski definition) is 4. The van der Waals surface area contributed by atoms with Gasteiger partial charge in [0.25, 0.3) is 5.91 Å². The maximum Gasteiger partial charge on any atom is 0.252 e. The van der Waals surface area contributed by atoms with Gasteiger partial charge in [-0.1, -0.05) is 18.9 Å². The molecular formula is C20H27N5O. The molecule has 1 aliphatic rings. The zero-order valence-electron chi connectivity index (χ0n) is 15.4. The van der Waals surface area contributed by atoms with Gasteiger partial charge in [0.1, 0.15) is 11.6 Å². The van der Waals surface area contributed by atoms with Crippen LogP contribution < -0.4 is 22.1 Å². The Balaban J connectivity index is 1.87. The molecule has 2 aromatic rings. The van der Waals surface area contributed by atoms with Crippen LogP contribution in [0.2, 0.25) is 0 Å². The molecule has 1 fully saturated rings. The molecule has 6 heteroatoms. The first-order valence-electron chi connectivity index (χ1n) is 9.10. The van der Waals surface area contributed by atoms with Gasteiger partial charge in [-0.05, 0) is 62.1 Å². The minimum Gasteiger partial charge on any atom is -0.366 e. The molecule has 0 spiro atoms. The van der Waals surface area contributed by atoms with Crippen molar-refractivity contribution in [2.24, 2.45) is 11.5 Å². The van der Waals surface area contributed by atoms with E-state index >= 15 is 0 Å². The Bertz CT molecular complexity index is 785. The van der Waals surface area contributed by atoms with Crippen molar-refractivity contribution >= 4 is 23.2 Å². The van der Waals surface area contributed by atoms with E-state index in [4.69, 9.17) is 11.5 Å². The highest BCUT2D eigenvalue weighted by Gasteiger charge is 2.22. The van der Waals surface area contributed by atoms with E-state index in [2.05, 4.69) is 21.7 Å². The fraction of sp³-hybridized carbons (Fsp3) is 0.400. The lowest BCUT2D eigenvalue weighted by Gasteiger charge is -2.29. The second-order valence-electron chi connectivity index (χ2n) is 7.16. The predicted molar refractivity (Wildman–Crippen MR) is 106 cm³/mol. The van der Waals surface area contributed by atoms with Gasteiger partial charge in [-0.25, -0.2) is 4.98 Å². The highest BCUT2D eigenvalue weighted by molar-refractivity contribution is 5.98. The van der Waals surface area contributed by atoms with Crippen molar-refractivity contribution in [3.05, 3.63) is 47.0 Å². The van der Waals surface area contributed by atoms with Gasteiger partial charge in [0, 0.05) is 17.8 Å². The Labute approximate surface area is 154 Å². The molecule has 0 aliphatic heterocycles. The van der Waals surface area contributed by atoms with Crippen LogP contribution in [-0.2, 0) is 0 Å². The van der Waals surface area contributed by atoms with Gasteiger partial charge in [0.05, 0.1) is 5.56 Å². The van der Waals surface area contributed by atoms with E-state index in [1.807, 2.05) is 26.0 Å². The number of anilines is 3. The molecule has 3 rings (SSSR count). The molecular weight excluding hydrogens is 326 g/mol. The number of amides is 1. The first-order valence-corrected chi connectivity index (χ1v) is 9.10. The smallest absolute Gasteiger partial charge is 0.252 e. The van der Waals surface area contributed by atoms with Crippen LogP contribution in [0.15, 0.2) is 30.3 Å². The van der Waals surface area contributed by atoms with Crippen LogP contribution in [0, 0.1) is 13.8 Å². The monoisotopic (exact) mass is 353 g/mol. The third-order valence-electron chi connectivity index (χ3n) is 4.80. The van der Waals surface area contributed by atoms with Crippen LogP contribution >= 0.6 is 0 Å². The molecule has 2 atom stereocenters. The summed E-state index contributed by atoms with van der Waals surface area (Å²) in [6, 6.07) is 9.93. The van der Waals surface area contributed by atoms with E-state index in [9.17, 15) is 4.79 Å². The Kier molecular flexibility index (Phi) is 5.42. The van der Waals surface area contributed by atoms with E-state index in [0.29, 0.717) is 17.2 Å². The molecule has 0 bridgehead atoms. The molecule has 26 heavy (non-hydrogen) atoms. The fourth-order valence-electron chi connectivity index (χ4n) is 3.55. The van der Waals surface area contributed by atoms with Crippen molar-refractivity contribution in [2.75, 3.05) is 10.6 Å². The molecule has 0 radical (unpaired) electrons. The minimum absolute atomic E-state index is 0.122. The van der Waals surface area contributed by atoms with Crippen LogP contribution in [0.1, 0.15) is 47.2 Å². The second kappa shape index (κ2) is 7.74. The number of nitrogens with one attached hydrogen (secondary N) is 2. The Morgan fingerprint density at radius 1 is 1.12 bits per heavy atom. The summed E-state index contributed by atoms with van der Waals surface area (Å²) in [5.74, 6) is 0.645. The van der Waals surface area contributed by atoms with E-state index < -0.39 is 5.91 Å².